The van der Waals surface area contributed by atoms with E-state index < -0.39 is 5.97 Å². The first-order valence-corrected chi connectivity index (χ1v) is 4.77. The van der Waals surface area contributed by atoms with Crippen molar-refractivity contribution >= 4 is 17.6 Å². The predicted molar refractivity (Wildman–Crippen MR) is 58.5 cm³/mol. The summed E-state index contributed by atoms with van der Waals surface area (Å²) in [4.78, 5) is 21.6. The first-order valence-electron chi connectivity index (χ1n) is 4.77. The number of carbonyl (C=O) groups is 2. The summed E-state index contributed by atoms with van der Waals surface area (Å²) < 4.78 is 4.99. The smallest absolute Gasteiger partial charge is 0.303 e. The van der Waals surface area contributed by atoms with Gasteiger partial charge in [-0.05, 0) is 12.1 Å². The molecule has 2 N–H and O–H groups in total. The first kappa shape index (κ1) is 12.0. The van der Waals surface area contributed by atoms with E-state index in [9.17, 15) is 9.59 Å². The quantitative estimate of drug-likeness (QED) is 0.793. The Morgan fingerprint density at radius 3 is 2.75 bits per heavy atom. The van der Waals surface area contributed by atoms with Gasteiger partial charge in [-0.1, -0.05) is 6.07 Å². The molecular weight excluding hydrogens is 210 g/mol. The number of ether oxygens (including phenoxy) is 1. The molecule has 5 nitrogen and oxygen atoms in total. The minimum absolute atomic E-state index is 0.0352. The van der Waals surface area contributed by atoms with Crippen molar-refractivity contribution in [2.75, 3.05) is 12.4 Å². The summed E-state index contributed by atoms with van der Waals surface area (Å²) >= 11 is 0. The van der Waals surface area contributed by atoms with E-state index in [4.69, 9.17) is 9.84 Å². The molecule has 0 aliphatic rings. The van der Waals surface area contributed by atoms with Crippen LogP contribution >= 0.6 is 0 Å². The lowest BCUT2D eigenvalue weighted by molar-refractivity contribution is -0.138. The van der Waals surface area contributed by atoms with Crippen LogP contribution in [0.15, 0.2) is 24.3 Å². The second kappa shape index (κ2) is 5.75. The molecule has 0 bridgehead atoms. The third-order valence-corrected chi connectivity index (χ3v) is 1.92. The van der Waals surface area contributed by atoms with Gasteiger partial charge in [-0.3, -0.25) is 9.59 Å². The molecule has 1 amide bonds. The monoisotopic (exact) mass is 223 g/mol. The van der Waals surface area contributed by atoms with Crippen molar-refractivity contribution in [3.63, 3.8) is 0 Å². The molecular formula is C11H13NO4. The minimum Gasteiger partial charge on any atom is -0.497 e. The van der Waals surface area contributed by atoms with Crippen molar-refractivity contribution in [2.24, 2.45) is 0 Å². The van der Waals surface area contributed by atoms with Gasteiger partial charge in [0.15, 0.2) is 0 Å². The van der Waals surface area contributed by atoms with Crippen molar-refractivity contribution in [2.45, 2.75) is 12.8 Å². The van der Waals surface area contributed by atoms with Crippen LogP contribution in [-0.4, -0.2) is 24.1 Å². The lowest BCUT2D eigenvalue weighted by atomic mass is 10.2. The number of aliphatic carboxylic acids is 1. The molecule has 0 radical (unpaired) electrons. The lowest BCUT2D eigenvalue weighted by Gasteiger charge is -2.05. The maximum atomic E-state index is 11.3. The fraction of sp³-hybridized carbons (Fsp3) is 0.273. The Balaban J connectivity index is 2.52. The van der Waals surface area contributed by atoms with Gasteiger partial charge in [0.25, 0.3) is 0 Å². The van der Waals surface area contributed by atoms with Crippen molar-refractivity contribution in [3.8, 4) is 5.75 Å². The van der Waals surface area contributed by atoms with Gasteiger partial charge in [-0.25, -0.2) is 0 Å². The highest BCUT2D eigenvalue weighted by molar-refractivity contribution is 5.92. The number of carboxylic acid groups (broad SMARTS) is 1. The van der Waals surface area contributed by atoms with Crippen LogP contribution in [0.3, 0.4) is 0 Å². The maximum Gasteiger partial charge on any atom is 0.303 e. The summed E-state index contributed by atoms with van der Waals surface area (Å²) in [5.74, 6) is -0.674. The average molecular weight is 223 g/mol. The summed E-state index contributed by atoms with van der Waals surface area (Å²) in [6, 6.07) is 6.87. The van der Waals surface area contributed by atoms with Crippen LogP contribution in [0, 0.1) is 0 Å². The summed E-state index contributed by atoms with van der Waals surface area (Å²) in [6.07, 6.45) is -0.206. The molecule has 16 heavy (non-hydrogen) atoms. The molecule has 0 aromatic heterocycles. The van der Waals surface area contributed by atoms with Crippen molar-refractivity contribution < 1.29 is 19.4 Å². The second-order valence-electron chi connectivity index (χ2n) is 3.17. The normalized spacial score (nSPS) is 9.56. The van der Waals surface area contributed by atoms with Crippen LogP contribution in [0.5, 0.6) is 5.75 Å². The SMILES string of the molecule is COc1cccc(NC(=O)CCC(=O)O)c1. The van der Waals surface area contributed by atoms with Crippen molar-refractivity contribution in [1.82, 2.24) is 0 Å². The van der Waals surface area contributed by atoms with E-state index in [0.717, 1.165) is 0 Å². The van der Waals surface area contributed by atoms with E-state index in [0.29, 0.717) is 11.4 Å². The Kier molecular flexibility index (Phi) is 4.32. The molecule has 1 aromatic rings. The third-order valence-electron chi connectivity index (χ3n) is 1.92. The van der Waals surface area contributed by atoms with Gasteiger partial charge in [0.05, 0.1) is 13.5 Å². The van der Waals surface area contributed by atoms with Crippen LogP contribution in [0.25, 0.3) is 0 Å². The van der Waals surface area contributed by atoms with Crippen LogP contribution in [-0.2, 0) is 9.59 Å². The zero-order valence-electron chi connectivity index (χ0n) is 8.90. The van der Waals surface area contributed by atoms with E-state index >= 15 is 0 Å². The van der Waals surface area contributed by atoms with E-state index in [2.05, 4.69) is 5.32 Å². The van der Waals surface area contributed by atoms with Gasteiger partial charge in [0, 0.05) is 18.2 Å². The molecule has 0 saturated heterocycles. The summed E-state index contributed by atoms with van der Waals surface area (Å²) in [6.45, 7) is 0. The Hall–Kier alpha value is -2.04. The van der Waals surface area contributed by atoms with E-state index in [1.165, 1.54) is 7.11 Å². The molecule has 5 heteroatoms. The number of amides is 1. The Labute approximate surface area is 93.0 Å². The Morgan fingerprint density at radius 2 is 2.12 bits per heavy atom. The van der Waals surface area contributed by atoms with Crippen LogP contribution < -0.4 is 10.1 Å². The zero-order chi connectivity index (χ0) is 12.0. The van der Waals surface area contributed by atoms with E-state index in [1.807, 2.05) is 0 Å². The van der Waals surface area contributed by atoms with Crippen molar-refractivity contribution in [3.05, 3.63) is 24.3 Å². The molecule has 0 unspecified atom stereocenters. The molecule has 0 atom stereocenters. The predicted octanol–water partition coefficient (Wildman–Crippen LogP) is 1.50. The standard InChI is InChI=1S/C11H13NO4/c1-16-9-4-2-3-8(7-9)12-10(13)5-6-11(14)15/h2-4,7H,5-6H2,1H3,(H,12,13)(H,14,15). The van der Waals surface area contributed by atoms with Gasteiger partial charge < -0.3 is 15.2 Å². The molecule has 0 heterocycles. The van der Waals surface area contributed by atoms with Gasteiger partial charge in [0.1, 0.15) is 5.75 Å². The highest BCUT2D eigenvalue weighted by Crippen LogP contribution is 2.16. The van der Waals surface area contributed by atoms with Gasteiger partial charge in [-0.2, -0.15) is 0 Å². The molecule has 0 spiro atoms. The molecule has 1 rings (SSSR count). The lowest BCUT2D eigenvalue weighted by Crippen LogP contribution is -2.13. The average Bonchev–Trinajstić information content (AvgIpc) is 2.26. The summed E-state index contributed by atoms with van der Waals surface area (Å²) in [5.41, 5.74) is 0.592. The van der Waals surface area contributed by atoms with Gasteiger partial charge in [0.2, 0.25) is 5.91 Å². The van der Waals surface area contributed by atoms with E-state index in [1.54, 1.807) is 24.3 Å². The number of anilines is 1. The number of benzene rings is 1. The second-order valence-corrected chi connectivity index (χ2v) is 3.17. The number of hydrogen-bond acceptors (Lipinski definition) is 3. The number of nitrogens with one attached hydrogen (secondary N) is 1. The van der Waals surface area contributed by atoms with Crippen molar-refractivity contribution in [1.29, 1.82) is 0 Å². The molecule has 0 fully saturated rings. The first-order chi connectivity index (χ1) is 7.61. The number of carbonyl (C=O) groups excluding carboxylic acids is 1. The number of carboxylic acids is 1. The molecule has 0 aliphatic carbocycles. The fourth-order valence-corrected chi connectivity index (χ4v) is 1.14. The third kappa shape index (κ3) is 4.00. The summed E-state index contributed by atoms with van der Waals surface area (Å²) in [7, 11) is 1.53. The fourth-order valence-electron chi connectivity index (χ4n) is 1.14. The van der Waals surface area contributed by atoms with E-state index in [-0.39, 0.29) is 18.7 Å². The van der Waals surface area contributed by atoms with Gasteiger partial charge >= 0.3 is 5.97 Å². The Bertz CT molecular complexity index is 389. The van der Waals surface area contributed by atoms with Crippen LogP contribution in [0.1, 0.15) is 12.8 Å². The topological polar surface area (TPSA) is 75.6 Å². The number of rotatable bonds is 5. The highest BCUT2D eigenvalue weighted by atomic mass is 16.5. The molecule has 86 valence electrons. The maximum absolute atomic E-state index is 11.3. The summed E-state index contributed by atoms with van der Waals surface area (Å²) in [5, 5.41) is 11.0. The molecule has 1 aromatic carbocycles. The van der Waals surface area contributed by atoms with Crippen LogP contribution in [0.2, 0.25) is 0 Å². The molecule has 0 saturated carbocycles. The molecule has 0 aliphatic heterocycles. The Morgan fingerprint density at radius 1 is 1.38 bits per heavy atom. The number of methoxy groups -OCH3 is 1. The minimum atomic E-state index is -0.985. The van der Waals surface area contributed by atoms with Crippen LogP contribution in [0.4, 0.5) is 5.69 Å². The largest absolute Gasteiger partial charge is 0.497 e. The zero-order valence-corrected chi connectivity index (χ0v) is 8.90. The highest BCUT2D eigenvalue weighted by Gasteiger charge is 2.05. The van der Waals surface area contributed by atoms with Gasteiger partial charge in [-0.15, -0.1) is 0 Å². The number of hydrogen-bond donors (Lipinski definition) is 2.